The van der Waals surface area contributed by atoms with Crippen LogP contribution in [0.1, 0.15) is 34.9 Å². The first-order chi connectivity index (χ1) is 9.76. The molecule has 1 aliphatic carbocycles. The lowest BCUT2D eigenvalue weighted by Gasteiger charge is -2.20. The van der Waals surface area contributed by atoms with Crippen LogP contribution in [-0.2, 0) is 12.8 Å². The van der Waals surface area contributed by atoms with Crippen LogP contribution in [0.2, 0.25) is 0 Å². The van der Waals surface area contributed by atoms with Gasteiger partial charge in [0.2, 0.25) is 0 Å². The quantitative estimate of drug-likeness (QED) is 0.881. The van der Waals surface area contributed by atoms with Crippen molar-refractivity contribution < 1.29 is 4.74 Å². The number of nitrogens with two attached hydrogens (primary N) is 1. The molecular formula is C16H18BrNOS. The molecule has 2 nitrogen and oxygen atoms in total. The molecule has 1 aromatic carbocycles. The van der Waals surface area contributed by atoms with Gasteiger partial charge in [0.15, 0.2) is 0 Å². The minimum absolute atomic E-state index is 0.0621. The summed E-state index contributed by atoms with van der Waals surface area (Å²) in [7, 11) is 0. The SMILES string of the molecule is NCC(Oc1ccc2c(c1)CCCC2)c1cc(Br)cs1. The lowest BCUT2D eigenvalue weighted by Crippen LogP contribution is -2.17. The predicted molar refractivity (Wildman–Crippen MR) is 87.5 cm³/mol. The largest absolute Gasteiger partial charge is 0.484 e. The van der Waals surface area contributed by atoms with E-state index in [1.165, 1.54) is 36.8 Å². The Bertz CT molecular complexity index is 596. The van der Waals surface area contributed by atoms with Crippen molar-refractivity contribution in [1.29, 1.82) is 0 Å². The van der Waals surface area contributed by atoms with Gasteiger partial charge in [-0.1, -0.05) is 6.07 Å². The van der Waals surface area contributed by atoms with Gasteiger partial charge in [-0.05, 0) is 70.9 Å². The van der Waals surface area contributed by atoms with Crippen molar-refractivity contribution in [3.05, 3.63) is 50.1 Å². The minimum atomic E-state index is -0.0621. The van der Waals surface area contributed by atoms with E-state index in [9.17, 15) is 0 Å². The first kappa shape index (κ1) is 14.1. The number of halogens is 1. The van der Waals surface area contributed by atoms with Crippen molar-refractivity contribution in [1.82, 2.24) is 0 Å². The third kappa shape index (κ3) is 3.08. The second-order valence-corrected chi connectivity index (χ2v) is 7.01. The maximum Gasteiger partial charge on any atom is 0.145 e. The van der Waals surface area contributed by atoms with E-state index in [1.54, 1.807) is 11.3 Å². The number of benzene rings is 1. The van der Waals surface area contributed by atoms with Crippen molar-refractivity contribution in [3.8, 4) is 5.75 Å². The number of thiophene rings is 1. The first-order valence-corrected chi connectivity index (χ1v) is 8.66. The highest BCUT2D eigenvalue weighted by atomic mass is 79.9. The summed E-state index contributed by atoms with van der Waals surface area (Å²) in [6.07, 6.45) is 4.90. The Labute approximate surface area is 132 Å². The van der Waals surface area contributed by atoms with Crippen LogP contribution in [0.15, 0.2) is 34.1 Å². The van der Waals surface area contributed by atoms with Crippen molar-refractivity contribution in [2.45, 2.75) is 31.8 Å². The van der Waals surface area contributed by atoms with Gasteiger partial charge in [0.05, 0.1) is 0 Å². The van der Waals surface area contributed by atoms with Crippen molar-refractivity contribution >= 4 is 27.3 Å². The minimum Gasteiger partial charge on any atom is -0.484 e. The van der Waals surface area contributed by atoms with Crippen LogP contribution in [0.4, 0.5) is 0 Å². The van der Waals surface area contributed by atoms with Gasteiger partial charge in [-0.25, -0.2) is 0 Å². The fourth-order valence-electron chi connectivity index (χ4n) is 2.67. The molecule has 1 aromatic heterocycles. The van der Waals surface area contributed by atoms with E-state index in [4.69, 9.17) is 10.5 Å². The topological polar surface area (TPSA) is 35.2 Å². The lowest BCUT2D eigenvalue weighted by molar-refractivity contribution is 0.217. The highest BCUT2D eigenvalue weighted by molar-refractivity contribution is 9.10. The van der Waals surface area contributed by atoms with E-state index in [-0.39, 0.29) is 6.10 Å². The number of fused-ring (bicyclic) bond motifs is 1. The summed E-state index contributed by atoms with van der Waals surface area (Å²) >= 11 is 5.16. The molecule has 0 fully saturated rings. The summed E-state index contributed by atoms with van der Waals surface area (Å²) in [4.78, 5) is 1.16. The van der Waals surface area contributed by atoms with Gasteiger partial charge < -0.3 is 10.5 Å². The summed E-state index contributed by atoms with van der Waals surface area (Å²) in [5.41, 5.74) is 8.79. The average Bonchev–Trinajstić information content (AvgIpc) is 2.91. The Morgan fingerprint density at radius 1 is 1.20 bits per heavy atom. The molecule has 2 N–H and O–H groups in total. The molecular weight excluding hydrogens is 334 g/mol. The van der Waals surface area contributed by atoms with Gasteiger partial charge in [-0.2, -0.15) is 0 Å². The molecule has 0 aliphatic heterocycles. The van der Waals surface area contributed by atoms with Gasteiger partial charge in [-0.3, -0.25) is 0 Å². The third-order valence-corrected chi connectivity index (χ3v) is 5.50. The van der Waals surface area contributed by atoms with Crippen LogP contribution in [0.5, 0.6) is 5.75 Å². The molecule has 0 amide bonds. The van der Waals surface area contributed by atoms with Gasteiger partial charge in [0, 0.05) is 21.3 Å². The average molecular weight is 352 g/mol. The van der Waals surface area contributed by atoms with E-state index in [1.807, 2.05) is 0 Å². The zero-order valence-electron chi connectivity index (χ0n) is 11.3. The zero-order chi connectivity index (χ0) is 13.9. The molecule has 0 saturated heterocycles. The predicted octanol–water partition coefficient (Wildman–Crippen LogP) is 4.47. The van der Waals surface area contributed by atoms with Crippen LogP contribution >= 0.6 is 27.3 Å². The van der Waals surface area contributed by atoms with Crippen LogP contribution < -0.4 is 10.5 Å². The monoisotopic (exact) mass is 351 g/mol. The van der Waals surface area contributed by atoms with Crippen LogP contribution in [0.3, 0.4) is 0 Å². The maximum absolute atomic E-state index is 6.09. The molecule has 4 heteroatoms. The molecule has 0 spiro atoms. The van der Waals surface area contributed by atoms with Gasteiger partial charge >= 0.3 is 0 Å². The summed E-state index contributed by atoms with van der Waals surface area (Å²) in [5.74, 6) is 0.936. The number of rotatable bonds is 4. The van der Waals surface area contributed by atoms with Crippen molar-refractivity contribution in [2.24, 2.45) is 5.73 Å². The van der Waals surface area contributed by atoms with Gasteiger partial charge in [0.25, 0.3) is 0 Å². The molecule has 1 unspecified atom stereocenters. The lowest BCUT2D eigenvalue weighted by atomic mass is 9.92. The Hall–Kier alpha value is -0.840. The summed E-state index contributed by atoms with van der Waals surface area (Å²) in [6, 6.07) is 8.57. The fraction of sp³-hybridized carbons (Fsp3) is 0.375. The smallest absolute Gasteiger partial charge is 0.145 e. The zero-order valence-corrected chi connectivity index (χ0v) is 13.7. The molecule has 1 aliphatic rings. The molecule has 20 heavy (non-hydrogen) atoms. The highest BCUT2D eigenvalue weighted by Crippen LogP contribution is 2.31. The Morgan fingerprint density at radius 2 is 2.00 bits per heavy atom. The molecule has 0 bridgehead atoms. The standard InChI is InChI=1S/C16H18BrNOS/c17-13-8-16(20-10-13)15(9-18)19-14-6-5-11-3-1-2-4-12(11)7-14/h5-8,10,15H,1-4,9,18H2. The Morgan fingerprint density at radius 3 is 2.70 bits per heavy atom. The third-order valence-electron chi connectivity index (χ3n) is 3.72. The van der Waals surface area contributed by atoms with E-state index in [0.29, 0.717) is 6.54 Å². The molecule has 106 valence electrons. The molecule has 2 aromatic rings. The van der Waals surface area contributed by atoms with E-state index in [2.05, 4.69) is 45.6 Å². The van der Waals surface area contributed by atoms with E-state index < -0.39 is 0 Å². The fourth-order valence-corrected chi connectivity index (χ4v) is 4.15. The maximum atomic E-state index is 6.09. The van der Waals surface area contributed by atoms with Crippen molar-refractivity contribution in [3.63, 3.8) is 0 Å². The molecule has 1 atom stereocenters. The van der Waals surface area contributed by atoms with Gasteiger partial charge in [-0.15, -0.1) is 11.3 Å². The second kappa shape index (κ2) is 6.29. The second-order valence-electron chi connectivity index (χ2n) is 5.15. The molecule has 0 saturated carbocycles. The number of hydrogen-bond acceptors (Lipinski definition) is 3. The van der Waals surface area contributed by atoms with Crippen LogP contribution in [0.25, 0.3) is 0 Å². The van der Waals surface area contributed by atoms with Crippen LogP contribution in [-0.4, -0.2) is 6.54 Å². The van der Waals surface area contributed by atoms with E-state index >= 15 is 0 Å². The van der Waals surface area contributed by atoms with Crippen molar-refractivity contribution in [2.75, 3.05) is 6.54 Å². The molecule has 3 rings (SSSR count). The summed E-state index contributed by atoms with van der Waals surface area (Å²) in [6.45, 7) is 0.490. The summed E-state index contributed by atoms with van der Waals surface area (Å²) in [5, 5.41) is 2.06. The Balaban J connectivity index is 1.79. The first-order valence-electron chi connectivity index (χ1n) is 6.98. The number of aryl methyl sites for hydroxylation is 2. The van der Waals surface area contributed by atoms with Crippen LogP contribution in [0, 0.1) is 0 Å². The number of ether oxygens (including phenoxy) is 1. The van der Waals surface area contributed by atoms with E-state index in [0.717, 1.165) is 15.1 Å². The molecule has 0 radical (unpaired) electrons. The summed E-state index contributed by atoms with van der Waals surface area (Å²) < 4.78 is 7.18. The van der Waals surface area contributed by atoms with Gasteiger partial charge in [0.1, 0.15) is 11.9 Å². The number of hydrogen-bond donors (Lipinski definition) is 1. The molecule has 1 heterocycles. The highest BCUT2D eigenvalue weighted by Gasteiger charge is 2.16. The Kier molecular flexibility index (Phi) is 4.44. The normalized spacial score (nSPS) is 15.7.